The van der Waals surface area contributed by atoms with Crippen LogP contribution in [0.3, 0.4) is 0 Å². The molecule has 0 spiro atoms. The van der Waals surface area contributed by atoms with Gasteiger partial charge in [-0.3, -0.25) is 10.1 Å². The maximum Gasteiger partial charge on any atom is 0.180 e. The van der Waals surface area contributed by atoms with Crippen LogP contribution < -0.4 is 0 Å². The Morgan fingerprint density at radius 3 is 2.81 bits per heavy atom. The molecule has 104 valence electrons. The van der Waals surface area contributed by atoms with E-state index in [4.69, 9.17) is 0 Å². The van der Waals surface area contributed by atoms with Crippen molar-refractivity contribution in [2.75, 3.05) is 0 Å². The van der Waals surface area contributed by atoms with Crippen LogP contribution >= 0.6 is 0 Å². The largest absolute Gasteiger partial charge is 0.364 e. The van der Waals surface area contributed by atoms with Gasteiger partial charge in [-0.05, 0) is 18.2 Å². The van der Waals surface area contributed by atoms with Crippen LogP contribution in [0.25, 0.3) is 33.3 Å². The summed E-state index contributed by atoms with van der Waals surface area (Å²) in [5.41, 5.74) is 4.18. The number of nitrogens with zero attached hydrogens (tertiary/aromatic N) is 2. The van der Waals surface area contributed by atoms with Crippen molar-refractivity contribution < 1.29 is 10.2 Å². The van der Waals surface area contributed by atoms with Gasteiger partial charge in [0.15, 0.2) is 6.29 Å². The Hall–Kier alpha value is -2.70. The number of H-pyrrole nitrogens is 2. The number of aliphatic hydroxyl groups is 2. The lowest BCUT2D eigenvalue weighted by Crippen LogP contribution is -1.96. The fourth-order valence-electron chi connectivity index (χ4n) is 2.56. The normalized spacial score (nSPS) is 11.8. The molecule has 4 N–H and O–H groups in total. The summed E-state index contributed by atoms with van der Waals surface area (Å²) in [6, 6.07) is 11.3. The summed E-state index contributed by atoms with van der Waals surface area (Å²) in [5.74, 6) is 0. The van der Waals surface area contributed by atoms with Crippen LogP contribution in [0.4, 0.5) is 0 Å². The van der Waals surface area contributed by atoms with Crippen molar-refractivity contribution >= 4 is 21.9 Å². The van der Waals surface area contributed by atoms with Crippen molar-refractivity contribution in [3.8, 4) is 11.4 Å². The number of aromatic amines is 2. The van der Waals surface area contributed by atoms with E-state index in [1.165, 1.54) is 0 Å². The summed E-state index contributed by atoms with van der Waals surface area (Å²) in [6.45, 7) is 0. The molecule has 3 heterocycles. The first kappa shape index (κ1) is 12.1. The first-order valence-corrected chi connectivity index (χ1v) is 6.51. The van der Waals surface area contributed by atoms with Gasteiger partial charge < -0.3 is 15.2 Å². The Balaban J connectivity index is 1.97. The van der Waals surface area contributed by atoms with Crippen molar-refractivity contribution in [1.29, 1.82) is 0 Å². The van der Waals surface area contributed by atoms with Gasteiger partial charge in [0, 0.05) is 17.1 Å². The number of para-hydroxylation sites is 1. The predicted molar refractivity (Wildman–Crippen MR) is 78.4 cm³/mol. The second-order valence-electron chi connectivity index (χ2n) is 4.83. The molecule has 4 aromatic rings. The average molecular weight is 280 g/mol. The highest BCUT2D eigenvalue weighted by Crippen LogP contribution is 2.29. The number of aromatic nitrogens is 4. The number of rotatable bonds is 2. The molecule has 0 atom stereocenters. The van der Waals surface area contributed by atoms with E-state index in [-0.39, 0.29) is 0 Å². The fourth-order valence-corrected chi connectivity index (χ4v) is 2.56. The molecule has 0 amide bonds. The number of hydrogen-bond donors (Lipinski definition) is 4. The van der Waals surface area contributed by atoms with E-state index in [1.54, 1.807) is 12.3 Å². The van der Waals surface area contributed by atoms with Gasteiger partial charge in [0.05, 0.1) is 22.2 Å². The summed E-state index contributed by atoms with van der Waals surface area (Å²) >= 11 is 0. The average Bonchev–Trinajstić information content (AvgIpc) is 3.09. The number of benzene rings is 1. The van der Waals surface area contributed by atoms with Gasteiger partial charge in [-0.1, -0.05) is 18.2 Å². The first-order valence-electron chi connectivity index (χ1n) is 6.51. The molecule has 0 saturated carbocycles. The summed E-state index contributed by atoms with van der Waals surface area (Å²) in [6.07, 6.45) is 0.00937. The van der Waals surface area contributed by atoms with Crippen molar-refractivity contribution in [1.82, 2.24) is 20.2 Å². The van der Waals surface area contributed by atoms with Crippen LogP contribution in [0, 0.1) is 0 Å². The van der Waals surface area contributed by atoms with Gasteiger partial charge >= 0.3 is 0 Å². The minimum atomic E-state index is -1.54. The van der Waals surface area contributed by atoms with E-state index >= 15 is 0 Å². The van der Waals surface area contributed by atoms with Crippen LogP contribution in [0.5, 0.6) is 0 Å². The molecule has 0 bridgehead atoms. The minimum absolute atomic E-state index is 0.395. The van der Waals surface area contributed by atoms with Crippen LogP contribution in [-0.2, 0) is 0 Å². The molecule has 0 unspecified atom stereocenters. The highest BCUT2D eigenvalue weighted by Gasteiger charge is 2.15. The van der Waals surface area contributed by atoms with E-state index in [9.17, 15) is 10.2 Å². The SMILES string of the molecule is OC(O)c1ccnc2cc(-c3n[nH]c4ccccc34)[nH]c12. The van der Waals surface area contributed by atoms with Crippen LogP contribution in [0.15, 0.2) is 42.6 Å². The number of nitrogens with one attached hydrogen (secondary N) is 2. The number of fused-ring (bicyclic) bond motifs is 2. The summed E-state index contributed by atoms with van der Waals surface area (Å²) < 4.78 is 0. The van der Waals surface area contributed by atoms with Gasteiger partial charge in [0.2, 0.25) is 0 Å². The predicted octanol–water partition coefficient (Wildman–Crippen LogP) is 2.09. The maximum atomic E-state index is 9.42. The molecule has 0 fully saturated rings. The monoisotopic (exact) mass is 280 g/mol. The third kappa shape index (κ3) is 1.81. The van der Waals surface area contributed by atoms with Gasteiger partial charge in [0.25, 0.3) is 0 Å². The minimum Gasteiger partial charge on any atom is -0.364 e. The third-order valence-electron chi connectivity index (χ3n) is 3.56. The zero-order chi connectivity index (χ0) is 14.4. The topological polar surface area (TPSA) is 97.8 Å². The van der Waals surface area contributed by atoms with Gasteiger partial charge in [0.1, 0.15) is 5.69 Å². The van der Waals surface area contributed by atoms with E-state index in [0.717, 1.165) is 22.3 Å². The Kier molecular flexibility index (Phi) is 2.53. The molecule has 0 aliphatic heterocycles. The lowest BCUT2D eigenvalue weighted by atomic mass is 10.2. The molecule has 4 rings (SSSR count). The molecule has 3 aromatic heterocycles. The lowest BCUT2D eigenvalue weighted by Gasteiger charge is -2.03. The van der Waals surface area contributed by atoms with Crippen LogP contribution in [-0.4, -0.2) is 30.4 Å². The van der Waals surface area contributed by atoms with Crippen molar-refractivity contribution in [2.45, 2.75) is 6.29 Å². The lowest BCUT2D eigenvalue weighted by molar-refractivity contribution is -0.0414. The first-order chi connectivity index (χ1) is 10.2. The van der Waals surface area contributed by atoms with Gasteiger partial charge in [-0.25, -0.2) is 0 Å². The molecule has 6 nitrogen and oxygen atoms in total. The Bertz CT molecular complexity index is 939. The third-order valence-corrected chi connectivity index (χ3v) is 3.56. The summed E-state index contributed by atoms with van der Waals surface area (Å²) in [4.78, 5) is 7.42. The van der Waals surface area contributed by atoms with E-state index in [0.29, 0.717) is 16.6 Å². The van der Waals surface area contributed by atoms with Gasteiger partial charge in [-0.15, -0.1) is 0 Å². The van der Waals surface area contributed by atoms with E-state index in [2.05, 4.69) is 20.2 Å². The Morgan fingerprint density at radius 2 is 1.95 bits per heavy atom. The van der Waals surface area contributed by atoms with E-state index < -0.39 is 6.29 Å². The van der Waals surface area contributed by atoms with E-state index in [1.807, 2.05) is 30.3 Å². The second kappa shape index (κ2) is 4.41. The number of pyridine rings is 1. The molecule has 0 radical (unpaired) electrons. The second-order valence-corrected chi connectivity index (χ2v) is 4.83. The highest BCUT2D eigenvalue weighted by atomic mass is 16.5. The molecular weight excluding hydrogens is 268 g/mol. The molecular formula is C15H12N4O2. The Labute approximate surface area is 119 Å². The maximum absolute atomic E-state index is 9.42. The summed E-state index contributed by atoms with van der Waals surface area (Å²) in [5, 5.41) is 27.1. The molecule has 0 aliphatic rings. The molecule has 6 heteroatoms. The standard InChI is InChI=1S/C15H12N4O2/c20-15(21)9-5-6-16-11-7-12(17-13(9)11)14-8-3-1-2-4-10(8)18-19-14/h1-7,15,17,20-21H,(H,18,19). The smallest absolute Gasteiger partial charge is 0.180 e. The fraction of sp³-hybridized carbons (Fsp3) is 0.0667. The molecule has 21 heavy (non-hydrogen) atoms. The van der Waals surface area contributed by atoms with Crippen molar-refractivity contribution in [2.24, 2.45) is 0 Å². The number of aliphatic hydroxyl groups excluding tert-OH is 1. The highest BCUT2D eigenvalue weighted by molar-refractivity contribution is 5.95. The summed E-state index contributed by atoms with van der Waals surface area (Å²) in [7, 11) is 0. The quantitative estimate of drug-likeness (QED) is 0.423. The van der Waals surface area contributed by atoms with Crippen molar-refractivity contribution in [3.05, 3.63) is 48.2 Å². The Morgan fingerprint density at radius 1 is 1.10 bits per heavy atom. The van der Waals surface area contributed by atoms with Gasteiger partial charge in [-0.2, -0.15) is 5.10 Å². The van der Waals surface area contributed by atoms with Crippen molar-refractivity contribution in [3.63, 3.8) is 0 Å². The number of hydrogen-bond acceptors (Lipinski definition) is 4. The molecule has 0 aliphatic carbocycles. The zero-order valence-electron chi connectivity index (χ0n) is 10.9. The molecule has 1 aromatic carbocycles. The molecule has 0 saturated heterocycles. The van der Waals surface area contributed by atoms with Crippen LogP contribution in [0.2, 0.25) is 0 Å². The zero-order valence-corrected chi connectivity index (χ0v) is 10.9. The van der Waals surface area contributed by atoms with Crippen LogP contribution in [0.1, 0.15) is 11.9 Å².